The standard InChI is InChI=1S/C9H15N5O2/c1-6(15)11-3-4-12-7-5-8(16-2)14-9(10)13-7/h5H,3-4H2,1-2H3,(H,11,15)(H3,10,12,13,14). The average molecular weight is 225 g/mol. The lowest BCUT2D eigenvalue weighted by Crippen LogP contribution is -2.26. The maximum absolute atomic E-state index is 10.6. The highest BCUT2D eigenvalue weighted by atomic mass is 16.5. The second kappa shape index (κ2) is 5.74. The molecule has 0 aromatic carbocycles. The summed E-state index contributed by atoms with van der Waals surface area (Å²) in [5.41, 5.74) is 5.48. The van der Waals surface area contributed by atoms with Crippen LogP contribution in [0.2, 0.25) is 0 Å². The number of carbonyl (C=O) groups excluding carboxylic acids is 1. The maximum Gasteiger partial charge on any atom is 0.225 e. The molecule has 16 heavy (non-hydrogen) atoms. The number of amides is 1. The second-order valence-electron chi connectivity index (χ2n) is 3.06. The van der Waals surface area contributed by atoms with E-state index in [2.05, 4.69) is 20.6 Å². The SMILES string of the molecule is COc1cc(NCCNC(C)=O)nc(N)n1. The molecule has 0 aliphatic rings. The van der Waals surface area contributed by atoms with Crippen LogP contribution in [-0.2, 0) is 4.79 Å². The highest BCUT2D eigenvalue weighted by molar-refractivity contribution is 5.72. The molecule has 0 saturated carbocycles. The molecule has 0 saturated heterocycles. The maximum atomic E-state index is 10.6. The number of nitrogens with one attached hydrogen (secondary N) is 2. The highest BCUT2D eigenvalue weighted by Crippen LogP contribution is 2.13. The van der Waals surface area contributed by atoms with Crippen molar-refractivity contribution >= 4 is 17.7 Å². The lowest BCUT2D eigenvalue weighted by Gasteiger charge is -2.07. The van der Waals surface area contributed by atoms with Gasteiger partial charge in [0.2, 0.25) is 17.7 Å². The van der Waals surface area contributed by atoms with E-state index >= 15 is 0 Å². The Labute approximate surface area is 93.4 Å². The van der Waals surface area contributed by atoms with E-state index in [1.165, 1.54) is 14.0 Å². The van der Waals surface area contributed by atoms with Gasteiger partial charge in [0.15, 0.2) is 0 Å². The lowest BCUT2D eigenvalue weighted by atomic mass is 10.5. The fourth-order valence-corrected chi connectivity index (χ4v) is 1.07. The van der Waals surface area contributed by atoms with Crippen LogP contribution in [0.1, 0.15) is 6.92 Å². The van der Waals surface area contributed by atoms with E-state index in [-0.39, 0.29) is 11.9 Å². The molecule has 1 heterocycles. The molecule has 4 N–H and O–H groups in total. The predicted molar refractivity (Wildman–Crippen MR) is 60.2 cm³/mol. The van der Waals surface area contributed by atoms with Gasteiger partial charge in [0.05, 0.1) is 7.11 Å². The number of hydrogen-bond acceptors (Lipinski definition) is 6. The van der Waals surface area contributed by atoms with Gasteiger partial charge in [-0.25, -0.2) is 0 Å². The molecule has 7 nitrogen and oxygen atoms in total. The number of nitrogens with two attached hydrogens (primary N) is 1. The van der Waals surface area contributed by atoms with E-state index in [4.69, 9.17) is 10.5 Å². The van der Waals surface area contributed by atoms with Gasteiger partial charge < -0.3 is 21.1 Å². The lowest BCUT2D eigenvalue weighted by molar-refractivity contribution is -0.118. The summed E-state index contributed by atoms with van der Waals surface area (Å²) in [6, 6.07) is 1.63. The van der Waals surface area contributed by atoms with Crippen molar-refractivity contribution in [1.82, 2.24) is 15.3 Å². The summed E-state index contributed by atoms with van der Waals surface area (Å²) in [6.45, 7) is 2.53. The number of aromatic nitrogens is 2. The van der Waals surface area contributed by atoms with E-state index in [9.17, 15) is 4.79 Å². The van der Waals surface area contributed by atoms with Crippen LogP contribution in [0.4, 0.5) is 11.8 Å². The first-order valence-corrected chi connectivity index (χ1v) is 4.78. The van der Waals surface area contributed by atoms with Gasteiger partial charge in [-0.3, -0.25) is 4.79 Å². The molecule has 0 radical (unpaired) electrons. The van der Waals surface area contributed by atoms with Gasteiger partial charge in [0.25, 0.3) is 0 Å². The fraction of sp³-hybridized carbons (Fsp3) is 0.444. The summed E-state index contributed by atoms with van der Waals surface area (Å²) in [7, 11) is 1.50. The monoisotopic (exact) mass is 225 g/mol. The molecule has 0 fully saturated rings. The van der Waals surface area contributed by atoms with Crippen LogP contribution in [0, 0.1) is 0 Å². The molecule has 0 aliphatic carbocycles. The van der Waals surface area contributed by atoms with Crippen LogP contribution >= 0.6 is 0 Å². The van der Waals surface area contributed by atoms with Crippen molar-refractivity contribution in [2.75, 3.05) is 31.2 Å². The third-order valence-corrected chi connectivity index (χ3v) is 1.73. The van der Waals surface area contributed by atoms with Crippen molar-refractivity contribution < 1.29 is 9.53 Å². The minimum Gasteiger partial charge on any atom is -0.481 e. The van der Waals surface area contributed by atoms with E-state index < -0.39 is 0 Å². The van der Waals surface area contributed by atoms with Crippen LogP contribution in [0.3, 0.4) is 0 Å². The van der Waals surface area contributed by atoms with Crippen molar-refractivity contribution in [3.05, 3.63) is 6.07 Å². The predicted octanol–water partition coefficient (Wildman–Crippen LogP) is -0.385. The quantitative estimate of drug-likeness (QED) is 0.590. The molecule has 7 heteroatoms. The Morgan fingerprint density at radius 3 is 2.88 bits per heavy atom. The van der Waals surface area contributed by atoms with E-state index in [1.807, 2.05) is 0 Å². The third kappa shape index (κ3) is 3.99. The Balaban J connectivity index is 2.47. The number of methoxy groups -OCH3 is 1. The molecule has 1 amide bonds. The van der Waals surface area contributed by atoms with Crippen molar-refractivity contribution in [3.8, 4) is 5.88 Å². The molecule has 1 rings (SSSR count). The van der Waals surface area contributed by atoms with E-state index in [0.29, 0.717) is 24.8 Å². The van der Waals surface area contributed by atoms with Crippen LogP contribution < -0.4 is 21.1 Å². The molecule has 0 bridgehead atoms. The summed E-state index contributed by atoms with van der Waals surface area (Å²) in [5.74, 6) is 1.03. The summed E-state index contributed by atoms with van der Waals surface area (Å²) in [6.07, 6.45) is 0. The zero-order chi connectivity index (χ0) is 12.0. The zero-order valence-electron chi connectivity index (χ0n) is 9.28. The Morgan fingerprint density at radius 1 is 1.50 bits per heavy atom. The third-order valence-electron chi connectivity index (χ3n) is 1.73. The summed E-state index contributed by atoms with van der Waals surface area (Å²) >= 11 is 0. The van der Waals surface area contributed by atoms with E-state index in [1.54, 1.807) is 6.07 Å². The summed E-state index contributed by atoms with van der Waals surface area (Å²) in [4.78, 5) is 18.4. The number of nitrogen functional groups attached to an aromatic ring is 1. The zero-order valence-corrected chi connectivity index (χ0v) is 9.28. The number of nitrogens with zero attached hydrogens (tertiary/aromatic N) is 2. The smallest absolute Gasteiger partial charge is 0.225 e. The normalized spacial score (nSPS) is 9.62. The van der Waals surface area contributed by atoms with Crippen LogP contribution in [0.25, 0.3) is 0 Å². The van der Waals surface area contributed by atoms with E-state index in [0.717, 1.165) is 0 Å². The van der Waals surface area contributed by atoms with Gasteiger partial charge in [-0.05, 0) is 0 Å². The Bertz CT molecular complexity index is 369. The number of hydrogen-bond donors (Lipinski definition) is 3. The van der Waals surface area contributed by atoms with Gasteiger partial charge in [-0.15, -0.1) is 0 Å². The molecular formula is C9H15N5O2. The number of carbonyl (C=O) groups is 1. The fourth-order valence-electron chi connectivity index (χ4n) is 1.07. The molecule has 0 atom stereocenters. The summed E-state index contributed by atoms with van der Waals surface area (Å²) < 4.78 is 4.94. The Morgan fingerprint density at radius 2 is 2.25 bits per heavy atom. The topological polar surface area (TPSA) is 102 Å². The van der Waals surface area contributed by atoms with Crippen molar-refractivity contribution in [2.24, 2.45) is 0 Å². The highest BCUT2D eigenvalue weighted by Gasteiger charge is 2.01. The first-order valence-electron chi connectivity index (χ1n) is 4.78. The molecule has 0 spiro atoms. The summed E-state index contributed by atoms with van der Waals surface area (Å²) in [5, 5.41) is 5.64. The molecule has 1 aromatic rings. The van der Waals surface area contributed by atoms with Gasteiger partial charge in [0.1, 0.15) is 5.82 Å². The first kappa shape index (κ1) is 12.0. The molecule has 0 unspecified atom stereocenters. The Kier molecular flexibility index (Phi) is 4.31. The molecular weight excluding hydrogens is 210 g/mol. The van der Waals surface area contributed by atoms with Gasteiger partial charge in [-0.1, -0.05) is 0 Å². The Hall–Kier alpha value is -2.05. The van der Waals surface area contributed by atoms with Gasteiger partial charge in [0, 0.05) is 26.1 Å². The molecule has 1 aromatic heterocycles. The minimum absolute atomic E-state index is 0.0680. The molecule has 0 aliphatic heterocycles. The first-order chi connectivity index (χ1) is 7.61. The van der Waals surface area contributed by atoms with Gasteiger partial charge >= 0.3 is 0 Å². The van der Waals surface area contributed by atoms with Crippen LogP contribution in [-0.4, -0.2) is 36.1 Å². The van der Waals surface area contributed by atoms with Crippen LogP contribution in [0.15, 0.2) is 6.07 Å². The van der Waals surface area contributed by atoms with Crippen molar-refractivity contribution in [2.45, 2.75) is 6.92 Å². The second-order valence-corrected chi connectivity index (χ2v) is 3.06. The minimum atomic E-state index is -0.0680. The van der Waals surface area contributed by atoms with Gasteiger partial charge in [-0.2, -0.15) is 9.97 Å². The number of rotatable bonds is 5. The van der Waals surface area contributed by atoms with Crippen molar-refractivity contribution in [3.63, 3.8) is 0 Å². The van der Waals surface area contributed by atoms with Crippen LogP contribution in [0.5, 0.6) is 5.88 Å². The number of ether oxygens (including phenoxy) is 1. The van der Waals surface area contributed by atoms with Crippen molar-refractivity contribution in [1.29, 1.82) is 0 Å². The molecule has 88 valence electrons. The number of anilines is 2. The largest absolute Gasteiger partial charge is 0.481 e. The average Bonchev–Trinajstić information content (AvgIpc) is 2.23.